The number of hydrogen-bond donors (Lipinski definition) is 1. The van der Waals surface area contributed by atoms with Crippen LogP contribution in [0.1, 0.15) is 21.6 Å². The summed E-state index contributed by atoms with van der Waals surface area (Å²) in [5.74, 6) is 0. The number of carbonyl (C=O) groups excluding carboxylic acids is 1. The first-order chi connectivity index (χ1) is 12.1. The van der Waals surface area contributed by atoms with Gasteiger partial charge < -0.3 is 10.2 Å². The summed E-state index contributed by atoms with van der Waals surface area (Å²) in [5.41, 5.74) is 4.34. The van der Waals surface area contributed by atoms with E-state index in [1.807, 2.05) is 66.4 Å². The summed E-state index contributed by atoms with van der Waals surface area (Å²) >= 11 is 1.69. The van der Waals surface area contributed by atoms with Crippen molar-refractivity contribution in [1.29, 1.82) is 0 Å². The molecule has 0 aliphatic rings. The monoisotopic (exact) mass is 350 g/mol. The molecule has 1 heterocycles. The fraction of sp³-hybridized carbons (Fsp3) is 0.190. The molecule has 1 N–H and O–H groups in total. The van der Waals surface area contributed by atoms with Crippen LogP contribution in [0.3, 0.4) is 0 Å². The van der Waals surface area contributed by atoms with Crippen LogP contribution in [0, 0.1) is 13.8 Å². The van der Waals surface area contributed by atoms with Crippen molar-refractivity contribution in [3.8, 4) is 0 Å². The second kappa shape index (κ2) is 7.99. The van der Waals surface area contributed by atoms with E-state index < -0.39 is 0 Å². The van der Waals surface area contributed by atoms with Crippen molar-refractivity contribution in [3.05, 3.63) is 87.6 Å². The Kier molecular flexibility index (Phi) is 5.51. The number of carbonyl (C=O) groups is 1. The lowest BCUT2D eigenvalue weighted by Gasteiger charge is -2.23. The molecule has 3 rings (SSSR count). The fourth-order valence-electron chi connectivity index (χ4n) is 2.58. The van der Waals surface area contributed by atoms with Crippen LogP contribution in [0.25, 0.3) is 0 Å². The van der Waals surface area contributed by atoms with Crippen molar-refractivity contribution in [2.75, 3.05) is 5.32 Å². The molecule has 3 aromatic rings. The van der Waals surface area contributed by atoms with Crippen LogP contribution in [-0.2, 0) is 13.1 Å². The fourth-order valence-corrected chi connectivity index (χ4v) is 3.50. The Morgan fingerprint density at radius 1 is 0.960 bits per heavy atom. The molecule has 0 aliphatic carbocycles. The van der Waals surface area contributed by atoms with Gasteiger partial charge in [-0.15, -0.1) is 11.3 Å². The zero-order chi connectivity index (χ0) is 17.6. The number of thiophene rings is 1. The van der Waals surface area contributed by atoms with Gasteiger partial charge in [0.25, 0.3) is 0 Å². The highest BCUT2D eigenvalue weighted by Gasteiger charge is 2.16. The molecule has 0 spiro atoms. The van der Waals surface area contributed by atoms with Crippen molar-refractivity contribution in [3.63, 3.8) is 0 Å². The van der Waals surface area contributed by atoms with E-state index in [1.165, 1.54) is 16.0 Å². The Balaban J connectivity index is 1.78. The Morgan fingerprint density at radius 3 is 2.32 bits per heavy atom. The zero-order valence-corrected chi connectivity index (χ0v) is 15.3. The van der Waals surface area contributed by atoms with Crippen LogP contribution < -0.4 is 5.32 Å². The van der Waals surface area contributed by atoms with E-state index in [9.17, 15) is 4.79 Å². The smallest absolute Gasteiger partial charge is 0.315 e. The van der Waals surface area contributed by atoms with E-state index in [0.29, 0.717) is 13.1 Å². The van der Waals surface area contributed by atoms with Gasteiger partial charge in [-0.05, 0) is 48.6 Å². The van der Waals surface area contributed by atoms with E-state index in [1.54, 1.807) is 11.3 Å². The van der Waals surface area contributed by atoms with Crippen LogP contribution in [0.15, 0.2) is 66.0 Å². The van der Waals surface area contributed by atoms with Gasteiger partial charge in [-0.3, -0.25) is 0 Å². The average Bonchev–Trinajstić information content (AvgIpc) is 3.02. The van der Waals surface area contributed by atoms with Gasteiger partial charge in [0.15, 0.2) is 0 Å². The molecule has 0 saturated heterocycles. The summed E-state index contributed by atoms with van der Waals surface area (Å²) in [5, 5.41) is 5.09. The largest absolute Gasteiger partial charge is 0.322 e. The van der Waals surface area contributed by atoms with Gasteiger partial charge in [-0.25, -0.2) is 4.79 Å². The number of nitrogens with one attached hydrogen (secondary N) is 1. The number of aryl methyl sites for hydroxylation is 2. The van der Waals surface area contributed by atoms with Gasteiger partial charge in [-0.2, -0.15) is 0 Å². The van der Waals surface area contributed by atoms with Gasteiger partial charge in [-0.1, -0.05) is 48.0 Å². The molecule has 128 valence electrons. The zero-order valence-electron chi connectivity index (χ0n) is 14.5. The lowest BCUT2D eigenvalue weighted by atomic mass is 10.2. The van der Waals surface area contributed by atoms with Crippen LogP contribution in [0.2, 0.25) is 0 Å². The van der Waals surface area contributed by atoms with E-state index >= 15 is 0 Å². The standard InChI is InChI=1S/C21H22N2OS/c1-16-8-10-19(11-9-16)22-21(24)23(14-18-6-4-3-5-7-18)15-20-17(2)12-13-25-20/h3-13H,14-15H2,1-2H3,(H,22,24). The maximum Gasteiger partial charge on any atom is 0.322 e. The highest BCUT2D eigenvalue weighted by Crippen LogP contribution is 2.20. The van der Waals surface area contributed by atoms with E-state index in [4.69, 9.17) is 0 Å². The molecule has 2 amide bonds. The molecule has 1 aromatic heterocycles. The van der Waals surface area contributed by atoms with Crippen LogP contribution in [-0.4, -0.2) is 10.9 Å². The highest BCUT2D eigenvalue weighted by atomic mass is 32.1. The molecular formula is C21H22N2OS. The number of benzene rings is 2. The van der Waals surface area contributed by atoms with Crippen LogP contribution >= 0.6 is 11.3 Å². The third-order valence-corrected chi connectivity index (χ3v) is 5.12. The van der Waals surface area contributed by atoms with Gasteiger partial charge in [0, 0.05) is 17.1 Å². The highest BCUT2D eigenvalue weighted by molar-refractivity contribution is 7.10. The molecule has 25 heavy (non-hydrogen) atoms. The molecule has 0 atom stereocenters. The normalized spacial score (nSPS) is 10.5. The summed E-state index contributed by atoms with van der Waals surface area (Å²) in [6.07, 6.45) is 0. The minimum absolute atomic E-state index is 0.0829. The van der Waals surface area contributed by atoms with Crippen molar-refractivity contribution >= 4 is 23.1 Å². The molecule has 2 aromatic carbocycles. The Labute approximate surface area is 152 Å². The number of anilines is 1. The molecule has 0 fully saturated rings. The number of amides is 2. The molecule has 0 radical (unpaired) electrons. The first-order valence-electron chi connectivity index (χ1n) is 8.31. The Hall–Kier alpha value is -2.59. The second-order valence-electron chi connectivity index (χ2n) is 6.16. The minimum Gasteiger partial charge on any atom is -0.315 e. The maximum absolute atomic E-state index is 12.9. The van der Waals surface area contributed by atoms with Crippen molar-refractivity contribution < 1.29 is 4.79 Å². The molecule has 4 heteroatoms. The van der Waals surface area contributed by atoms with Crippen molar-refractivity contribution in [2.24, 2.45) is 0 Å². The average molecular weight is 350 g/mol. The number of hydrogen-bond acceptors (Lipinski definition) is 2. The predicted molar refractivity (Wildman–Crippen MR) is 105 cm³/mol. The maximum atomic E-state index is 12.9. The number of urea groups is 1. The van der Waals surface area contributed by atoms with E-state index in [-0.39, 0.29) is 6.03 Å². The van der Waals surface area contributed by atoms with Gasteiger partial charge in [0.2, 0.25) is 0 Å². The lowest BCUT2D eigenvalue weighted by molar-refractivity contribution is 0.207. The van der Waals surface area contributed by atoms with Crippen LogP contribution in [0.4, 0.5) is 10.5 Å². The van der Waals surface area contributed by atoms with E-state index in [0.717, 1.165) is 11.3 Å². The van der Waals surface area contributed by atoms with Crippen molar-refractivity contribution in [1.82, 2.24) is 4.90 Å². The third kappa shape index (κ3) is 4.70. The first-order valence-corrected chi connectivity index (χ1v) is 9.19. The first kappa shape index (κ1) is 17.2. The number of nitrogens with zero attached hydrogens (tertiary/aromatic N) is 1. The molecule has 0 saturated carbocycles. The van der Waals surface area contributed by atoms with Gasteiger partial charge >= 0.3 is 6.03 Å². The van der Waals surface area contributed by atoms with Gasteiger partial charge in [0.1, 0.15) is 0 Å². The minimum atomic E-state index is -0.0829. The summed E-state index contributed by atoms with van der Waals surface area (Å²) < 4.78 is 0. The topological polar surface area (TPSA) is 32.3 Å². The van der Waals surface area contributed by atoms with Crippen molar-refractivity contribution in [2.45, 2.75) is 26.9 Å². The predicted octanol–water partition coefficient (Wildman–Crippen LogP) is 5.60. The van der Waals surface area contributed by atoms with E-state index in [2.05, 4.69) is 23.7 Å². The van der Waals surface area contributed by atoms with Crippen LogP contribution in [0.5, 0.6) is 0 Å². The quantitative estimate of drug-likeness (QED) is 0.638. The summed E-state index contributed by atoms with van der Waals surface area (Å²) in [4.78, 5) is 15.9. The third-order valence-electron chi connectivity index (χ3n) is 4.11. The lowest BCUT2D eigenvalue weighted by Crippen LogP contribution is -2.34. The molecule has 0 unspecified atom stereocenters. The summed E-state index contributed by atoms with van der Waals surface area (Å²) in [6, 6.07) is 20.0. The Bertz CT molecular complexity index is 825. The molecular weight excluding hydrogens is 328 g/mol. The van der Waals surface area contributed by atoms with Gasteiger partial charge in [0.05, 0.1) is 6.54 Å². The number of rotatable bonds is 5. The summed E-state index contributed by atoms with van der Waals surface area (Å²) in [7, 11) is 0. The second-order valence-corrected chi connectivity index (χ2v) is 7.17. The molecule has 0 bridgehead atoms. The summed E-state index contributed by atoms with van der Waals surface area (Å²) in [6.45, 7) is 5.31. The molecule has 3 nitrogen and oxygen atoms in total. The SMILES string of the molecule is Cc1ccc(NC(=O)N(Cc2ccccc2)Cc2sccc2C)cc1. The molecule has 0 aliphatic heterocycles. The Morgan fingerprint density at radius 2 is 1.68 bits per heavy atom.